The molecule has 2 aromatic rings. The van der Waals surface area contributed by atoms with Crippen molar-refractivity contribution in [3.05, 3.63) is 48.0 Å². The van der Waals surface area contributed by atoms with E-state index in [1.54, 1.807) is 0 Å². The van der Waals surface area contributed by atoms with Gasteiger partial charge in [0, 0.05) is 13.0 Å². The molecule has 0 aliphatic heterocycles. The Balaban J connectivity index is 1.64. The van der Waals surface area contributed by atoms with Gasteiger partial charge in [-0.1, -0.05) is 55.7 Å². The van der Waals surface area contributed by atoms with Crippen molar-refractivity contribution >= 4 is 16.7 Å². The van der Waals surface area contributed by atoms with E-state index in [-0.39, 0.29) is 11.9 Å². The minimum absolute atomic E-state index is 0.0986. The highest BCUT2D eigenvalue weighted by Crippen LogP contribution is 2.30. The van der Waals surface area contributed by atoms with Gasteiger partial charge >= 0.3 is 0 Å². The maximum Gasteiger partial charge on any atom is 0.220 e. The Morgan fingerprint density at radius 1 is 1.18 bits per heavy atom. The van der Waals surface area contributed by atoms with Gasteiger partial charge in [0.25, 0.3) is 0 Å². The van der Waals surface area contributed by atoms with Crippen LogP contribution in [0.4, 0.5) is 0 Å². The Labute approximate surface area is 131 Å². The number of nitrogens with one attached hydrogen (secondary N) is 1. The summed E-state index contributed by atoms with van der Waals surface area (Å²) in [6.07, 6.45) is 5.54. The molecule has 3 nitrogen and oxygen atoms in total. The molecule has 0 bridgehead atoms. The fourth-order valence-corrected chi connectivity index (χ4v) is 3.09. The van der Waals surface area contributed by atoms with E-state index in [9.17, 15) is 4.79 Å². The molecule has 2 aromatic carbocycles. The highest BCUT2D eigenvalue weighted by Gasteiger charge is 2.19. The molecule has 0 saturated heterocycles. The Morgan fingerprint density at radius 2 is 1.95 bits per heavy atom. The van der Waals surface area contributed by atoms with Crippen molar-refractivity contribution in [2.24, 2.45) is 11.7 Å². The van der Waals surface area contributed by atoms with Crippen molar-refractivity contribution in [3.63, 3.8) is 0 Å². The van der Waals surface area contributed by atoms with Crippen LogP contribution in [0.5, 0.6) is 0 Å². The maximum atomic E-state index is 12.1. The highest BCUT2D eigenvalue weighted by molar-refractivity contribution is 5.83. The molecule has 1 unspecified atom stereocenters. The van der Waals surface area contributed by atoms with Gasteiger partial charge < -0.3 is 11.1 Å². The molecular weight excluding hydrogens is 272 g/mol. The minimum Gasteiger partial charge on any atom is -0.348 e. The van der Waals surface area contributed by atoms with E-state index in [0.717, 1.165) is 17.9 Å². The number of amides is 1. The lowest BCUT2D eigenvalue weighted by atomic mass is 9.82. The summed E-state index contributed by atoms with van der Waals surface area (Å²) in [4.78, 5) is 12.1. The molecular formula is C19H24N2O. The Bertz CT molecular complexity index is 649. The van der Waals surface area contributed by atoms with Crippen LogP contribution < -0.4 is 11.1 Å². The van der Waals surface area contributed by atoms with Crippen LogP contribution in [0.25, 0.3) is 10.8 Å². The van der Waals surface area contributed by atoms with Gasteiger partial charge in [-0.25, -0.2) is 0 Å². The second kappa shape index (κ2) is 6.93. The Kier molecular flexibility index (Phi) is 4.74. The number of rotatable bonds is 6. The molecule has 116 valence electrons. The molecule has 1 fully saturated rings. The topological polar surface area (TPSA) is 55.1 Å². The third kappa shape index (κ3) is 3.47. The molecule has 3 rings (SSSR count). The zero-order valence-corrected chi connectivity index (χ0v) is 12.9. The number of benzene rings is 2. The van der Waals surface area contributed by atoms with E-state index in [1.165, 1.54) is 30.0 Å². The number of carbonyl (C=O) groups excluding carboxylic acids is 1. The van der Waals surface area contributed by atoms with Crippen LogP contribution in [0.3, 0.4) is 0 Å². The zero-order chi connectivity index (χ0) is 15.4. The van der Waals surface area contributed by atoms with E-state index in [0.29, 0.717) is 13.0 Å². The predicted octanol–water partition coefficient (Wildman–Crippen LogP) is 3.54. The molecule has 1 atom stereocenters. The van der Waals surface area contributed by atoms with Gasteiger partial charge in [0.2, 0.25) is 5.91 Å². The minimum atomic E-state index is -0.0986. The molecule has 0 spiro atoms. The largest absolute Gasteiger partial charge is 0.348 e. The van der Waals surface area contributed by atoms with Gasteiger partial charge in [0.05, 0.1) is 6.04 Å². The lowest BCUT2D eigenvalue weighted by molar-refractivity contribution is -0.122. The van der Waals surface area contributed by atoms with Gasteiger partial charge in [0.1, 0.15) is 0 Å². The number of carbonyl (C=O) groups is 1. The van der Waals surface area contributed by atoms with E-state index < -0.39 is 0 Å². The van der Waals surface area contributed by atoms with Crippen LogP contribution in [-0.4, -0.2) is 12.5 Å². The van der Waals surface area contributed by atoms with Crippen molar-refractivity contribution in [3.8, 4) is 0 Å². The van der Waals surface area contributed by atoms with Gasteiger partial charge in [-0.15, -0.1) is 0 Å². The van der Waals surface area contributed by atoms with Crippen molar-refractivity contribution in [2.75, 3.05) is 6.54 Å². The fourth-order valence-electron chi connectivity index (χ4n) is 3.09. The van der Waals surface area contributed by atoms with E-state index >= 15 is 0 Å². The predicted molar refractivity (Wildman–Crippen MR) is 90.5 cm³/mol. The summed E-state index contributed by atoms with van der Waals surface area (Å²) >= 11 is 0. The summed E-state index contributed by atoms with van der Waals surface area (Å²) in [5.41, 5.74) is 6.96. The van der Waals surface area contributed by atoms with Crippen molar-refractivity contribution in [1.82, 2.24) is 5.32 Å². The molecule has 0 radical (unpaired) electrons. The first-order valence-electron chi connectivity index (χ1n) is 8.24. The first kappa shape index (κ1) is 15.0. The molecule has 1 aliphatic carbocycles. The third-order valence-electron chi connectivity index (χ3n) is 4.75. The molecule has 0 aromatic heterocycles. The summed E-state index contributed by atoms with van der Waals surface area (Å²) in [5.74, 6) is 0.887. The van der Waals surface area contributed by atoms with Gasteiger partial charge in [-0.05, 0) is 34.7 Å². The summed E-state index contributed by atoms with van der Waals surface area (Å²) in [7, 11) is 0. The first-order chi connectivity index (χ1) is 10.8. The average molecular weight is 296 g/mol. The van der Waals surface area contributed by atoms with Gasteiger partial charge in [-0.3, -0.25) is 4.79 Å². The smallest absolute Gasteiger partial charge is 0.220 e. The average Bonchev–Trinajstić information content (AvgIpc) is 2.50. The van der Waals surface area contributed by atoms with E-state index in [1.807, 2.05) is 12.1 Å². The van der Waals surface area contributed by atoms with Crippen LogP contribution in [0, 0.1) is 5.92 Å². The maximum absolute atomic E-state index is 12.1. The Hall–Kier alpha value is -1.87. The highest BCUT2D eigenvalue weighted by atomic mass is 16.1. The zero-order valence-electron chi connectivity index (χ0n) is 12.9. The number of hydrogen-bond acceptors (Lipinski definition) is 2. The number of hydrogen-bond donors (Lipinski definition) is 2. The third-order valence-corrected chi connectivity index (χ3v) is 4.75. The normalized spacial score (nSPS) is 16.2. The van der Waals surface area contributed by atoms with Crippen LogP contribution in [0.2, 0.25) is 0 Å². The van der Waals surface area contributed by atoms with Crippen molar-refractivity contribution in [2.45, 2.75) is 38.1 Å². The van der Waals surface area contributed by atoms with Crippen LogP contribution in [0.15, 0.2) is 42.5 Å². The number of fused-ring (bicyclic) bond motifs is 1. The lowest BCUT2D eigenvalue weighted by Gasteiger charge is -2.25. The molecule has 0 heterocycles. The second-order valence-corrected chi connectivity index (χ2v) is 6.30. The molecule has 3 heteroatoms. The molecule has 1 amide bonds. The van der Waals surface area contributed by atoms with Crippen molar-refractivity contribution < 1.29 is 4.79 Å². The SMILES string of the molecule is NCC(NC(=O)CCC1CCC1)c1ccc2ccccc2c1. The molecule has 22 heavy (non-hydrogen) atoms. The second-order valence-electron chi connectivity index (χ2n) is 6.30. The lowest BCUT2D eigenvalue weighted by Crippen LogP contribution is -2.33. The van der Waals surface area contributed by atoms with Crippen LogP contribution in [-0.2, 0) is 4.79 Å². The van der Waals surface area contributed by atoms with Gasteiger partial charge in [-0.2, -0.15) is 0 Å². The molecule has 1 saturated carbocycles. The standard InChI is InChI=1S/C19H24N2O/c20-13-18(21-19(22)11-8-14-4-3-5-14)17-10-9-15-6-1-2-7-16(15)12-17/h1-2,6-7,9-10,12,14,18H,3-5,8,11,13,20H2,(H,21,22). The van der Waals surface area contributed by atoms with Crippen LogP contribution in [0.1, 0.15) is 43.7 Å². The quantitative estimate of drug-likeness (QED) is 0.856. The summed E-state index contributed by atoms with van der Waals surface area (Å²) in [5, 5.41) is 5.48. The monoisotopic (exact) mass is 296 g/mol. The van der Waals surface area contributed by atoms with Crippen LogP contribution >= 0.6 is 0 Å². The number of nitrogens with two attached hydrogens (primary N) is 1. The summed E-state index contributed by atoms with van der Waals surface area (Å²) in [6, 6.07) is 14.4. The summed E-state index contributed by atoms with van der Waals surface area (Å²) in [6.45, 7) is 0.424. The van der Waals surface area contributed by atoms with E-state index in [2.05, 4.69) is 35.6 Å². The molecule has 1 aliphatic rings. The fraction of sp³-hybridized carbons (Fsp3) is 0.421. The van der Waals surface area contributed by atoms with Gasteiger partial charge in [0.15, 0.2) is 0 Å². The Morgan fingerprint density at radius 3 is 2.64 bits per heavy atom. The molecule has 3 N–H and O–H groups in total. The summed E-state index contributed by atoms with van der Waals surface area (Å²) < 4.78 is 0. The van der Waals surface area contributed by atoms with Crippen molar-refractivity contribution in [1.29, 1.82) is 0 Å². The van der Waals surface area contributed by atoms with E-state index in [4.69, 9.17) is 5.73 Å². The first-order valence-corrected chi connectivity index (χ1v) is 8.24.